The second-order valence-electron chi connectivity index (χ2n) is 4.46. The number of aryl methyl sites for hydroxylation is 1. The number of nitrogens with zero attached hydrogens (tertiary/aromatic N) is 1. The second kappa shape index (κ2) is 6.40. The van der Waals surface area contributed by atoms with Gasteiger partial charge in [-0.1, -0.05) is 13.8 Å². The molecule has 0 aliphatic carbocycles. The Kier molecular flexibility index (Phi) is 5.16. The lowest BCUT2D eigenvalue weighted by molar-refractivity contribution is -0.120. The lowest BCUT2D eigenvalue weighted by Gasteiger charge is -2.25. The van der Waals surface area contributed by atoms with Crippen LogP contribution in [-0.2, 0) is 4.79 Å². The first kappa shape index (κ1) is 14.5. The van der Waals surface area contributed by atoms with E-state index in [1.165, 1.54) is 0 Å². The quantitative estimate of drug-likeness (QED) is 0.787. The van der Waals surface area contributed by atoms with Crippen LogP contribution in [0.5, 0.6) is 0 Å². The molecule has 100 valence electrons. The number of nitrogens with two attached hydrogens (primary N) is 1. The molecule has 18 heavy (non-hydrogen) atoms. The fourth-order valence-corrected chi connectivity index (χ4v) is 2.00. The highest BCUT2D eigenvalue weighted by Gasteiger charge is 2.18. The first-order valence-corrected chi connectivity index (χ1v) is 6.40. The van der Waals surface area contributed by atoms with E-state index in [4.69, 9.17) is 5.73 Å². The van der Waals surface area contributed by atoms with Gasteiger partial charge in [0.1, 0.15) is 0 Å². The van der Waals surface area contributed by atoms with E-state index < -0.39 is 0 Å². The number of benzene rings is 1. The van der Waals surface area contributed by atoms with Crippen LogP contribution in [0.1, 0.15) is 26.3 Å². The number of hydrogen-bond donors (Lipinski definition) is 2. The molecule has 0 spiro atoms. The molecular formula is C14H23N3O. The molecule has 0 aromatic heterocycles. The van der Waals surface area contributed by atoms with Crippen LogP contribution < -0.4 is 11.1 Å². The van der Waals surface area contributed by atoms with Crippen molar-refractivity contribution >= 4 is 17.3 Å². The molecule has 4 nitrogen and oxygen atoms in total. The Bertz CT molecular complexity index is 414. The van der Waals surface area contributed by atoms with Crippen LogP contribution >= 0.6 is 0 Å². The average molecular weight is 249 g/mol. The molecule has 1 unspecified atom stereocenters. The number of nitrogens with one attached hydrogen (secondary N) is 1. The summed E-state index contributed by atoms with van der Waals surface area (Å²) in [4.78, 5) is 14.2. The van der Waals surface area contributed by atoms with Crippen molar-refractivity contribution in [2.75, 3.05) is 24.1 Å². The monoisotopic (exact) mass is 249 g/mol. The molecule has 1 aromatic rings. The first-order valence-electron chi connectivity index (χ1n) is 6.40. The van der Waals surface area contributed by atoms with Crippen molar-refractivity contribution in [3.63, 3.8) is 0 Å². The predicted octanol–water partition coefficient (Wildman–Crippen LogP) is 2.25. The normalized spacial score (nSPS) is 12.5. The zero-order valence-corrected chi connectivity index (χ0v) is 11.7. The molecule has 1 aromatic carbocycles. The molecule has 0 heterocycles. The lowest BCUT2D eigenvalue weighted by Crippen LogP contribution is -2.41. The molecule has 0 aliphatic rings. The van der Waals surface area contributed by atoms with E-state index in [-0.39, 0.29) is 11.9 Å². The Morgan fingerprint density at radius 1 is 1.39 bits per heavy atom. The van der Waals surface area contributed by atoms with E-state index >= 15 is 0 Å². The number of carbonyl (C=O) groups excluding carboxylic acids is 1. The number of rotatable bonds is 5. The Hall–Kier alpha value is -1.55. The number of amides is 1. The van der Waals surface area contributed by atoms with E-state index in [1.54, 1.807) is 6.07 Å². The third-order valence-electron chi connectivity index (χ3n) is 3.25. The maximum absolute atomic E-state index is 12.1. The van der Waals surface area contributed by atoms with Gasteiger partial charge in [0.05, 0.1) is 6.04 Å². The van der Waals surface area contributed by atoms with Crippen LogP contribution in [0.2, 0.25) is 0 Å². The molecule has 1 atom stereocenters. The Morgan fingerprint density at radius 3 is 2.50 bits per heavy atom. The van der Waals surface area contributed by atoms with Crippen molar-refractivity contribution in [3.05, 3.63) is 23.8 Å². The van der Waals surface area contributed by atoms with Gasteiger partial charge in [0.2, 0.25) is 5.91 Å². The van der Waals surface area contributed by atoms with E-state index in [9.17, 15) is 4.79 Å². The highest BCUT2D eigenvalue weighted by atomic mass is 16.2. The number of carbonyl (C=O) groups is 1. The van der Waals surface area contributed by atoms with Crippen molar-refractivity contribution in [1.29, 1.82) is 0 Å². The summed E-state index contributed by atoms with van der Waals surface area (Å²) in [6, 6.07) is 5.37. The van der Waals surface area contributed by atoms with Crippen molar-refractivity contribution in [3.8, 4) is 0 Å². The second-order valence-corrected chi connectivity index (χ2v) is 4.46. The van der Waals surface area contributed by atoms with Crippen LogP contribution in [0.25, 0.3) is 0 Å². The zero-order valence-electron chi connectivity index (χ0n) is 11.7. The fraction of sp³-hybridized carbons (Fsp3) is 0.500. The minimum Gasteiger partial charge on any atom is -0.399 e. The van der Waals surface area contributed by atoms with Gasteiger partial charge >= 0.3 is 0 Å². The van der Waals surface area contributed by atoms with Gasteiger partial charge in [-0.05, 0) is 50.7 Å². The largest absolute Gasteiger partial charge is 0.399 e. The van der Waals surface area contributed by atoms with Gasteiger partial charge in [-0.2, -0.15) is 0 Å². The summed E-state index contributed by atoms with van der Waals surface area (Å²) in [7, 11) is 0. The summed E-state index contributed by atoms with van der Waals surface area (Å²) in [6.07, 6.45) is 0. The van der Waals surface area contributed by atoms with Gasteiger partial charge in [0.15, 0.2) is 0 Å². The topological polar surface area (TPSA) is 58.4 Å². The minimum atomic E-state index is -0.128. The highest BCUT2D eigenvalue weighted by Crippen LogP contribution is 2.18. The van der Waals surface area contributed by atoms with E-state index in [0.29, 0.717) is 5.69 Å². The SMILES string of the molecule is CCN(CC)C(C)C(=O)Nc1ccc(N)cc1C. The van der Waals surface area contributed by atoms with Crippen molar-refractivity contribution < 1.29 is 4.79 Å². The van der Waals surface area contributed by atoms with Crippen molar-refractivity contribution in [2.24, 2.45) is 0 Å². The van der Waals surface area contributed by atoms with E-state index in [0.717, 1.165) is 24.3 Å². The molecular weight excluding hydrogens is 226 g/mol. The van der Waals surface area contributed by atoms with Crippen LogP contribution in [0.15, 0.2) is 18.2 Å². The molecule has 1 rings (SSSR count). The molecule has 0 saturated heterocycles. The molecule has 0 fully saturated rings. The molecule has 0 bridgehead atoms. The van der Waals surface area contributed by atoms with E-state index in [1.807, 2.05) is 26.0 Å². The third kappa shape index (κ3) is 3.47. The van der Waals surface area contributed by atoms with E-state index in [2.05, 4.69) is 24.1 Å². The lowest BCUT2D eigenvalue weighted by atomic mass is 10.1. The van der Waals surface area contributed by atoms with Crippen LogP contribution in [0.3, 0.4) is 0 Å². The van der Waals surface area contributed by atoms with Crippen LogP contribution in [0, 0.1) is 6.92 Å². The van der Waals surface area contributed by atoms with Crippen molar-refractivity contribution in [1.82, 2.24) is 4.90 Å². The Balaban J connectivity index is 2.75. The fourth-order valence-electron chi connectivity index (χ4n) is 2.00. The molecule has 1 amide bonds. The highest BCUT2D eigenvalue weighted by molar-refractivity contribution is 5.95. The van der Waals surface area contributed by atoms with Gasteiger partial charge in [-0.3, -0.25) is 9.69 Å². The summed E-state index contributed by atoms with van der Waals surface area (Å²) >= 11 is 0. The minimum absolute atomic E-state index is 0.0200. The number of likely N-dealkylation sites (N-methyl/N-ethyl adjacent to an activating group) is 1. The zero-order chi connectivity index (χ0) is 13.7. The predicted molar refractivity (Wildman–Crippen MR) is 76.6 cm³/mol. The molecule has 0 radical (unpaired) electrons. The van der Waals surface area contributed by atoms with Gasteiger partial charge in [-0.15, -0.1) is 0 Å². The average Bonchev–Trinajstić information content (AvgIpc) is 2.34. The maximum atomic E-state index is 12.1. The van der Waals surface area contributed by atoms with Crippen LogP contribution in [0.4, 0.5) is 11.4 Å². The van der Waals surface area contributed by atoms with Crippen LogP contribution in [-0.4, -0.2) is 29.9 Å². The summed E-state index contributed by atoms with van der Waals surface area (Å²) in [6.45, 7) is 9.71. The standard InChI is InChI=1S/C14H23N3O/c1-5-17(6-2)11(4)14(18)16-13-8-7-12(15)9-10(13)3/h7-9,11H,5-6,15H2,1-4H3,(H,16,18). The number of hydrogen-bond acceptors (Lipinski definition) is 3. The van der Waals surface area contributed by atoms with Gasteiger partial charge in [0.25, 0.3) is 0 Å². The summed E-state index contributed by atoms with van der Waals surface area (Å²) in [5.74, 6) is 0.0200. The number of nitrogen functional groups attached to an aromatic ring is 1. The van der Waals surface area contributed by atoms with Gasteiger partial charge in [0, 0.05) is 11.4 Å². The smallest absolute Gasteiger partial charge is 0.241 e. The maximum Gasteiger partial charge on any atom is 0.241 e. The van der Waals surface area contributed by atoms with Gasteiger partial charge in [-0.25, -0.2) is 0 Å². The molecule has 0 aliphatic heterocycles. The Labute approximate surface area is 109 Å². The first-order chi connectivity index (χ1) is 8.49. The Morgan fingerprint density at radius 2 is 2.00 bits per heavy atom. The summed E-state index contributed by atoms with van der Waals surface area (Å²) in [5, 5.41) is 2.95. The molecule has 0 saturated carbocycles. The van der Waals surface area contributed by atoms with Crippen molar-refractivity contribution in [2.45, 2.75) is 33.7 Å². The summed E-state index contributed by atoms with van der Waals surface area (Å²) in [5.41, 5.74) is 8.21. The summed E-state index contributed by atoms with van der Waals surface area (Å²) < 4.78 is 0. The van der Waals surface area contributed by atoms with Gasteiger partial charge < -0.3 is 11.1 Å². The molecule has 3 N–H and O–H groups in total. The number of anilines is 2. The molecule has 4 heteroatoms. The third-order valence-corrected chi connectivity index (χ3v) is 3.25.